The van der Waals surface area contributed by atoms with Crippen molar-refractivity contribution in [1.29, 1.82) is 0 Å². The summed E-state index contributed by atoms with van der Waals surface area (Å²) in [5.41, 5.74) is 4.36. The van der Waals surface area contributed by atoms with E-state index in [1.165, 1.54) is 0 Å². The molecular weight excluding hydrogens is 388 g/mol. The van der Waals surface area contributed by atoms with Crippen molar-refractivity contribution in [2.24, 2.45) is 0 Å². The number of amides is 1. The van der Waals surface area contributed by atoms with Crippen molar-refractivity contribution in [2.45, 2.75) is 39.8 Å². The molecule has 1 aliphatic heterocycles. The number of nitrogens with one attached hydrogen (secondary N) is 1. The Morgan fingerprint density at radius 1 is 1.17 bits per heavy atom. The molecule has 30 heavy (non-hydrogen) atoms. The second-order valence-corrected chi connectivity index (χ2v) is 7.46. The van der Waals surface area contributed by atoms with Crippen LogP contribution < -0.4 is 9.47 Å². The number of aliphatic hydroxyl groups is 1. The number of esters is 1. The third kappa shape index (κ3) is 4.14. The third-order valence-electron chi connectivity index (χ3n) is 5.51. The van der Waals surface area contributed by atoms with Gasteiger partial charge in [-0.15, -0.1) is 0 Å². The van der Waals surface area contributed by atoms with Gasteiger partial charge in [-0.3, -0.25) is 4.79 Å². The Balaban J connectivity index is 1.65. The van der Waals surface area contributed by atoms with Crippen LogP contribution in [0.3, 0.4) is 0 Å². The van der Waals surface area contributed by atoms with Crippen LogP contribution in [0, 0.1) is 13.8 Å². The van der Waals surface area contributed by atoms with Gasteiger partial charge in [-0.1, -0.05) is 0 Å². The number of rotatable bonds is 6. The molecule has 3 rings (SSSR count). The molecule has 0 bridgehead atoms. The van der Waals surface area contributed by atoms with Crippen molar-refractivity contribution in [1.82, 2.24) is 9.88 Å². The molecule has 1 aromatic carbocycles. The Morgan fingerprint density at radius 2 is 1.80 bits per heavy atom. The average Bonchev–Trinajstić information content (AvgIpc) is 3.04. The number of carbonyl (C=O) groups excluding carboxylic acids is 2. The fourth-order valence-corrected chi connectivity index (χ4v) is 3.98. The number of methoxy groups -OCH3 is 2. The number of H-pyrrole nitrogens is 1. The first-order valence-corrected chi connectivity index (χ1v) is 9.82. The lowest BCUT2D eigenvalue weighted by molar-refractivity contribution is -0.135. The topological polar surface area (TPSA) is 101 Å². The Labute approximate surface area is 175 Å². The molecule has 2 aromatic rings. The van der Waals surface area contributed by atoms with Gasteiger partial charge >= 0.3 is 5.97 Å². The predicted octanol–water partition coefficient (Wildman–Crippen LogP) is 2.44. The minimum atomic E-state index is -0.700. The van der Waals surface area contributed by atoms with Gasteiger partial charge in [-0.05, 0) is 56.0 Å². The summed E-state index contributed by atoms with van der Waals surface area (Å²) in [7, 11) is 3.16. The van der Waals surface area contributed by atoms with E-state index in [1.54, 1.807) is 39.9 Å². The molecule has 2 heterocycles. The van der Waals surface area contributed by atoms with Crippen molar-refractivity contribution in [2.75, 3.05) is 27.4 Å². The Hall–Kier alpha value is -3.00. The smallest absolute Gasteiger partial charge is 0.355 e. The number of carbonyl (C=O) groups is 2. The van der Waals surface area contributed by atoms with E-state index in [2.05, 4.69) is 4.98 Å². The zero-order chi connectivity index (χ0) is 22.0. The zero-order valence-corrected chi connectivity index (χ0v) is 18.0. The van der Waals surface area contributed by atoms with Crippen molar-refractivity contribution < 1.29 is 28.9 Å². The summed E-state index contributed by atoms with van der Waals surface area (Å²) in [5.74, 6) is 0.404. The van der Waals surface area contributed by atoms with E-state index in [0.717, 1.165) is 11.1 Å². The van der Waals surface area contributed by atoms with E-state index < -0.39 is 12.1 Å². The van der Waals surface area contributed by atoms with Crippen LogP contribution in [0.5, 0.6) is 11.5 Å². The average molecular weight is 416 g/mol. The highest BCUT2D eigenvalue weighted by atomic mass is 16.5. The fourth-order valence-electron chi connectivity index (χ4n) is 3.98. The summed E-state index contributed by atoms with van der Waals surface area (Å²) >= 11 is 0. The number of ether oxygens (including phenoxy) is 3. The molecule has 0 radical (unpaired) electrons. The molecule has 1 aliphatic rings. The fraction of sp³-hybridized carbons (Fsp3) is 0.455. The summed E-state index contributed by atoms with van der Waals surface area (Å²) in [6, 6.07) is 3.81. The molecule has 8 heteroatoms. The van der Waals surface area contributed by atoms with Gasteiger partial charge in [0.25, 0.3) is 5.91 Å². The molecule has 0 aliphatic carbocycles. The zero-order valence-electron chi connectivity index (χ0n) is 18.0. The van der Waals surface area contributed by atoms with E-state index in [0.29, 0.717) is 47.8 Å². The summed E-state index contributed by atoms with van der Waals surface area (Å²) in [6.07, 6.45) is -0.0179. The van der Waals surface area contributed by atoms with Gasteiger partial charge in [0.1, 0.15) is 5.69 Å². The lowest BCUT2D eigenvalue weighted by Crippen LogP contribution is -2.38. The quantitative estimate of drug-likeness (QED) is 0.702. The molecule has 0 unspecified atom stereocenters. The maximum atomic E-state index is 12.6. The largest absolute Gasteiger partial charge is 0.493 e. The van der Waals surface area contributed by atoms with Crippen LogP contribution in [0.2, 0.25) is 0 Å². The minimum absolute atomic E-state index is 0.261. The van der Waals surface area contributed by atoms with Gasteiger partial charge in [0, 0.05) is 24.3 Å². The van der Waals surface area contributed by atoms with E-state index in [1.807, 2.05) is 12.1 Å². The number of benzene rings is 1. The second kappa shape index (κ2) is 8.79. The summed E-state index contributed by atoms with van der Waals surface area (Å²) in [4.78, 5) is 29.7. The van der Waals surface area contributed by atoms with Crippen LogP contribution in [0.25, 0.3) is 0 Å². The number of hydrogen-bond donors (Lipinski definition) is 2. The highest BCUT2D eigenvalue weighted by Gasteiger charge is 2.25. The molecule has 1 atom stereocenters. The van der Waals surface area contributed by atoms with Gasteiger partial charge in [0.15, 0.2) is 18.1 Å². The second-order valence-electron chi connectivity index (χ2n) is 7.46. The number of hydrogen-bond acceptors (Lipinski definition) is 6. The highest BCUT2D eigenvalue weighted by molar-refractivity contribution is 5.91. The van der Waals surface area contributed by atoms with Crippen LogP contribution >= 0.6 is 0 Å². The molecule has 162 valence electrons. The van der Waals surface area contributed by atoms with E-state index in [4.69, 9.17) is 14.2 Å². The number of aromatic nitrogens is 1. The summed E-state index contributed by atoms with van der Waals surface area (Å²) in [6.45, 7) is 5.77. The Kier molecular flexibility index (Phi) is 6.36. The first kappa shape index (κ1) is 21.7. The van der Waals surface area contributed by atoms with Crippen molar-refractivity contribution in [3.63, 3.8) is 0 Å². The molecule has 1 amide bonds. The third-order valence-corrected chi connectivity index (χ3v) is 5.51. The number of aliphatic hydroxyl groups excluding tert-OH is 1. The summed E-state index contributed by atoms with van der Waals surface area (Å²) < 4.78 is 15.9. The number of aryl methyl sites for hydroxylation is 1. The normalized spacial score (nSPS) is 14.1. The molecule has 0 saturated heterocycles. The maximum absolute atomic E-state index is 12.6. The van der Waals surface area contributed by atoms with Gasteiger partial charge in [0.05, 0.1) is 20.3 Å². The van der Waals surface area contributed by atoms with Gasteiger partial charge < -0.3 is 29.2 Å². The van der Waals surface area contributed by atoms with E-state index in [-0.39, 0.29) is 18.2 Å². The van der Waals surface area contributed by atoms with Gasteiger partial charge in [-0.25, -0.2) is 4.79 Å². The standard InChI is InChI=1S/C22H28N2O6/c1-12-20(14(3)25)13(2)23-21(12)22(27)30-11-19(26)24-7-6-15-8-17(28-4)18(29-5)9-16(15)10-24/h8-9,14,23,25H,6-7,10-11H2,1-5H3/t14-/m0/s1. The van der Waals surface area contributed by atoms with Crippen molar-refractivity contribution in [3.8, 4) is 11.5 Å². The lowest BCUT2D eigenvalue weighted by atomic mass is 9.99. The Morgan fingerprint density at radius 3 is 2.37 bits per heavy atom. The molecule has 8 nitrogen and oxygen atoms in total. The molecular formula is C22H28N2O6. The van der Waals surface area contributed by atoms with E-state index in [9.17, 15) is 14.7 Å². The van der Waals surface area contributed by atoms with Gasteiger partial charge in [0.2, 0.25) is 0 Å². The van der Waals surface area contributed by atoms with Crippen molar-refractivity contribution in [3.05, 3.63) is 45.8 Å². The molecule has 0 fully saturated rings. The van der Waals surface area contributed by atoms with Crippen LogP contribution in [0.1, 0.15) is 51.5 Å². The van der Waals surface area contributed by atoms with E-state index >= 15 is 0 Å². The highest BCUT2D eigenvalue weighted by Crippen LogP contribution is 2.33. The lowest BCUT2D eigenvalue weighted by Gasteiger charge is -2.29. The predicted molar refractivity (Wildman–Crippen MR) is 110 cm³/mol. The molecule has 0 saturated carbocycles. The maximum Gasteiger partial charge on any atom is 0.355 e. The minimum Gasteiger partial charge on any atom is -0.493 e. The SMILES string of the molecule is COc1cc2c(cc1OC)CN(C(=O)COC(=O)c1[nH]c(C)c([C@H](C)O)c1C)CC2. The van der Waals surface area contributed by atoms with Crippen molar-refractivity contribution >= 4 is 11.9 Å². The van der Waals surface area contributed by atoms with Crippen LogP contribution in [0.4, 0.5) is 0 Å². The number of fused-ring (bicyclic) bond motifs is 1. The molecule has 0 spiro atoms. The monoisotopic (exact) mass is 416 g/mol. The Bertz CT molecular complexity index is 963. The van der Waals surface area contributed by atoms with Crippen LogP contribution in [-0.2, 0) is 22.5 Å². The number of nitrogens with zero attached hydrogens (tertiary/aromatic N) is 1. The molecule has 1 aromatic heterocycles. The van der Waals surface area contributed by atoms with Crippen LogP contribution in [0.15, 0.2) is 12.1 Å². The summed E-state index contributed by atoms with van der Waals surface area (Å²) in [5, 5.41) is 9.87. The first-order chi connectivity index (χ1) is 14.3. The van der Waals surface area contributed by atoms with Gasteiger partial charge in [-0.2, -0.15) is 0 Å². The number of aromatic amines is 1. The van der Waals surface area contributed by atoms with Crippen LogP contribution in [-0.4, -0.2) is 54.2 Å². The first-order valence-electron chi connectivity index (χ1n) is 9.82. The molecule has 2 N–H and O–H groups in total.